The minimum absolute atomic E-state index is 0.174. The highest BCUT2D eigenvalue weighted by Crippen LogP contribution is 2.41. The van der Waals surface area contributed by atoms with Gasteiger partial charge in [-0.15, -0.1) is 10.2 Å². The third-order valence-corrected chi connectivity index (χ3v) is 4.03. The summed E-state index contributed by atoms with van der Waals surface area (Å²) in [4.78, 5) is 0. The Morgan fingerprint density at radius 2 is 2.07 bits per heavy atom. The lowest BCUT2D eigenvalue weighted by Gasteiger charge is -2.08. The number of rotatable bonds is 3. The van der Waals surface area contributed by atoms with Crippen molar-refractivity contribution in [3.63, 3.8) is 0 Å². The summed E-state index contributed by atoms with van der Waals surface area (Å²) >= 11 is 0. The van der Waals surface area contributed by atoms with Crippen LogP contribution in [-0.4, -0.2) is 23.2 Å². The van der Waals surface area contributed by atoms with E-state index in [-0.39, 0.29) is 11.1 Å². The molecular formula is C8H12ClN3O2S. The summed E-state index contributed by atoms with van der Waals surface area (Å²) in [5.41, 5.74) is 0. The van der Waals surface area contributed by atoms with Gasteiger partial charge in [-0.2, -0.15) is 0 Å². The van der Waals surface area contributed by atoms with E-state index in [2.05, 4.69) is 10.2 Å². The molecule has 1 fully saturated rings. The SMILES string of the molecule is CC(c1nnc(S(=O)(=O)Cl)n1C)C1CC1. The van der Waals surface area contributed by atoms with Crippen molar-refractivity contribution in [1.82, 2.24) is 14.8 Å². The smallest absolute Gasteiger partial charge is 0.296 e. The van der Waals surface area contributed by atoms with Gasteiger partial charge in [-0.05, 0) is 18.8 Å². The topological polar surface area (TPSA) is 64.8 Å². The average Bonchev–Trinajstić information content (AvgIpc) is 2.87. The van der Waals surface area contributed by atoms with E-state index in [4.69, 9.17) is 10.7 Å². The van der Waals surface area contributed by atoms with Gasteiger partial charge in [0.25, 0.3) is 14.2 Å². The molecule has 0 aliphatic heterocycles. The van der Waals surface area contributed by atoms with Crippen LogP contribution in [-0.2, 0) is 16.1 Å². The third-order valence-electron chi connectivity index (χ3n) is 2.82. The quantitative estimate of drug-likeness (QED) is 0.757. The Morgan fingerprint density at radius 1 is 1.47 bits per heavy atom. The van der Waals surface area contributed by atoms with Crippen LogP contribution in [0.2, 0.25) is 0 Å². The number of aromatic nitrogens is 3. The summed E-state index contributed by atoms with van der Waals surface area (Å²) < 4.78 is 23.7. The fourth-order valence-electron chi connectivity index (χ4n) is 1.74. The van der Waals surface area contributed by atoms with Crippen molar-refractivity contribution in [2.45, 2.75) is 30.8 Å². The standard InChI is InChI=1S/C8H12ClN3O2S/c1-5(6-3-4-6)7-10-11-8(12(7)2)15(9,13)14/h5-6H,3-4H2,1-2H3. The van der Waals surface area contributed by atoms with Gasteiger partial charge >= 0.3 is 0 Å². The molecule has 1 aromatic rings. The molecule has 1 aromatic heterocycles. The second-order valence-corrected chi connectivity index (χ2v) is 6.42. The van der Waals surface area contributed by atoms with E-state index in [0.29, 0.717) is 11.7 Å². The monoisotopic (exact) mass is 249 g/mol. The molecule has 1 aliphatic rings. The molecule has 0 bridgehead atoms. The zero-order valence-electron chi connectivity index (χ0n) is 8.51. The highest BCUT2D eigenvalue weighted by atomic mass is 35.7. The maximum absolute atomic E-state index is 11.1. The van der Waals surface area contributed by atoms with Crippen LogP contribution in [0.4, 0.5) is 0 Å². The Morgan fingerprint density at radius 3 is 2.47 bits per heavy atom. The van der Waals surface area contributed by atoms with Gasteiger partial charge in [0, 0.05) is 23.6 Å². The van der Waals surface area contributed by atoms with Crippen LogP contribution in [0, 0.1) is 5.92 Å². The average molecular weight is 250 g/mol. The van der Waals surface area contributed by atoms with Crippen molar-refractivity contribution < 1.29 is 8.42 Å². The van der Waals surface area contributed by atoms with Crippen molar-refractivity contribution in [2.75, 3.05) is 0 Å². The molecule has 0 N–H and O–H groups in total. The summed E-state index contributed by atoms with van der Waals surface area (Å²) in [6.45, 7) is 2.03. The van der Waals surface area contributed by atoms with E-state index < -0.39 is 9.05 Å². The molecule has 84 valence electrons. The molecule has 1 heterocycles. The van der Waals surface area contributed by atoms with Crippen LogP contribution in [0.15, 0.2) is 5.16 Å². The van der Waals surface area contributed by atoms with Gasteiger partial charge in [-0.1, -0.05) is 6.92 Å². The fourth-order valence-corrected chi connectivity index (χ4v) is 2.70. The summed E-state index contributed by atoms with van der Waals surface area (Å²) in [6.07, 6.45) is 2.36. The molecule has 2 rings (SSSR count). The van der Waals surface area contributed by atoms with E-state index in [1.54, 1.807) is 7.05 Å². The number of hydrogen-bond donors (Lipinski definition) is 0. The predicted octanol–water partition coefficient (Wildman–Crippen LogP) is 1.26. The van der Waals surface area contributed by atoms with Crippen LogP contribution < -0.4 is 0 Å². The van der Waals surface area contributed by atoms with Crippen LogP contribution in [0.3, 0.4) is 0 Å². The van der Waals surface area contributed by atoms with Crippen LogP contribution in [0.1, 0.15) is 31.5 Å². The van der Waals surface area contributed by atoms with E-state index in [9.17, 15) is 8.42 Å². The van der Waals surface area contributed by atoms with Crippen molar-refractivity contribution in [3.8, 4) is 0 Å². The van der Waals surface area contributed by atoms with Crippen molar-refractivity contribution in [1.29, 1.82) is 0 Å². The molecule has 0 amide bonds. The highest BCUT2D eigenvalue weighted by Gasteiger charge is 2.33. The molecule has 1 atom stereocenters. The second-order valence-electron chi connectivity index (χ2n) is 3.96. The summed E-state index contributed by atoms with van der Waals surface area (Å²) in [7, 11) is 3.06. The normalized spacial score (nSPS) is 19.1. The third kappa shape index (κ3) is 2.01. The molecule has 0 spiro atoms. The number of nitrogens with zero attached hydrogens (tertiary/aromatic N) is 3. The van der Waals surface area contributed by atoms with Gasteiger partial charge in [0.2, 0.25) is 0 Å². The Hall–Kier alpha value is -0.620. The van der Waals surface area contributed by atoms with E-state index in [1.165, 1.54) is 17.4 Å². The van der Waals surface area contributed by atoms with Gasteiger partial charge in [-0.3, -0.25) is 0 Å². The Kier molecular flexibility index (Phi) is 2.50. The van der Waals surface area contributed by atoms with Crippen LogP contribution >= 0.6 is 10.7 Å². The second kappa shape index (κ2) is 3.45. The molecule has 1 saturated carbocycles. The molecule has 15 heavy (non-hydrogen) atoms. The Bertz CT molecular complexity index is 478. The predicted molar refractivity (Wildman–Crippen MR) is 55.2 cm³/mol. The van der Waals surface area contributed by atoms with E-state index in [0.717, 1.165) is 0 Å². The van der Waals surface area contributed by atoms with E-state index >= 15 is 0 Å². The highest BCUT2D eigenvalue weighted by molar-refractivity contribution is 8.13. The molecule has 7 heteroatoms. The molecule has 0 saturated heterocycles. The lowest BCUT2D eigenvalue weighted by molar-refractivity contribution is 0.567. The lowest BCUT2D eigenvalue weighted by Crippen LogP contribution is -2.08. The molecule has 1 aliphatic carbocycles. The number of hydrogen-bond acceptors (Lipinski definition) is 4. The summed E-state index contributed by atoms with van der Waals surface area (Å²) in [6, 6.07) is 0. The van der Waals surface area contributed by atoms with Crippen LogP contribution in [0.5, 0.6) is 0 Å². The van der Waals surface area contributed by atoms with Crippen LogP contribution in [0.25, 0.3) is 0 Å². The Labute approximate surface area is 92.9 Å². The first-order chi connectivity index (χ1) is 6.91. The lowest BCUT2D eigenvalue weighted by atomic mass is 10.1. The van der Waals surface area contributed by atoms with Gasteiger partial charge in [0.1, 0.15) is 5.82 Å². The van der Waals surface area contributed by atoms with E-state index in [1.807, 2.05) is 6.92 Å². The molecule has 0 radical (unpaired) electrons. The van der Waals surface area contributed by atoms with Crippen molar-refractivity contribution >= 4 is 19.7 Å². The maximum Gasteiger partial charge on any atom is 0.296 e. The van der Waals surface area contributed by atoms with Gasteiger partial charge in [0.15, 0.2) is 0 Å². The van der Waals surface area contributed by atoms with Gasteiger partial charge in [-0.25, -0.2) is 8.42 Å². The fraction of sp³-hybridized carbons (Fsp3) is 0.750. The molecule has 1 unspecified atom stereocenters. The first-order valence-electron chi connectivity index (χ1n) is 4.75. The largest absolute Gasteiger partial charge is 0.304 e. The minimum atomic E-state index is -3.79. The Balaban J connectivity index is 2.39. The maximum atomic E-state index is 11.1. The zero-order valence-corrected chi connectivity index (χ0v) is 10.1. The summed E-state index contributed by atoms with van der Waals surface area (Å²) in [5.74, 6) is 1.55. The van der Waals surface area contributed by atoms with Crippen molar-refractivity contribution in [3.05, 3.63) is 5.82 Å². The first kappa shape index (κ1) is 10.9. The van der Waals surface area contributed by atoms with Gasteiger partial charge < -0.3 is 4.57 Å². The van der Waals surface area contributed by atoms with Crippen molar-refractivity contribution in [2.24, 2.45) is 13.0 Å². The molecular weight excluding hydrogens is 238 g/mol. The minimum Gasteiger partial charge on any atom is -0.304 e. The number of halogens is 1. The molecule has 5 nitrogen and oxygen atoms in total. The zero-order chi connectivity index (χ0) is 11.2. The van der Waals surface area contributed by atoms with Gasteiger partial charge in [0.05, 0.1) is 0 Å². The molecule has 0 aromatic carbocycles. The summed E-state index contributed by atoms with van der Waals surface area (Å²) in [5, 5.41) is 7.33. The first-order valence-corrected chi connectivity index (χ1v) is 7.06.